The molecule has 3 heteroatoms. The lowest BCUT2D eigenvalue weighted by atomic mass is 10.1. The van der Waals surface area contributed by atoms with Crippen molar-refractivity contribution in [1.82, 2.24) is 0 Å². The molecule has 0 bridgehead atoms. The van der Waals surface area contributed by atoms with Gasteiger partial charge in [-0.3, -0.25) is 0 Å². The minimum Gasteiger partial charge on any atom is -0.383 e. The Balaban J connectivity index is 2.84. The van der Waals surface area contributed by atoms with Gasteiger partial charge in [-0.05, 0) is 24.1 Å². The summed E-state index contributed by atoms with van der Waals surface area (Å²) in [5.74, 6) is 0. The van der Waals surface area contributed by atoms with Crippen molar-refractivity contribution < 1.29 is 4.74 Å². The van der Waals surface area contributed by atoms with Gasteiger partial charge in [0.25, 0.3) is 0 Å². The van der Waals surface area contributed by atoms with E-state index in [-0.39, 0.29) is 6.04 Å². The Bertz CT molecular complexity index is 288. The summed E-state index contributed by atoms with van der Waals surface area (Å²) < 4.78 is 4.96. The predicted octanol–water partition coefficient (Wildman–Crippen LogP) is 2.29. The van der Waals surface area contributed by atoms with Gasteiger partial charge < -0.3 is 10.5 Å². The summed E-state index contributed by atoms with van der Waals surface area (Å²) in [5.41, 5.74) is 7.92. The quantitative estimate of drug-likeness (QED) is 0.811. The first-order valence-electron chi connectivity index (χ1n) is 4.15. The molecule has 0 amide bonds. The highest BCUT2D eigenvalue weighted by Gasteiger charge is 2.06. The number of halogens is 1. The Morgan fingerprint density at radius 3 is 2.77 bits per heavy atom. The normalized spacial score (nSPS) is 12.9. The van der Waals surface area contributed by atoms with E-state index in [0.717, 1.165) is 16.1 Å². The Labute approximate surface area is 83.6 Å². The fourth-order valence-corrected chi connectivity index (χ4v) is 1.30. The molecule has 1 aromatic carbocycles. The monoisotopic (exact) mass is 199 g/mol. The molecule has 0 radical (unpaired) electrons. The van der Waals surface area contributed by atoms with Gasteiger partial charge in [0.15, 0.2) is 0 Å². The van der Waals surface area contributed by atoms with Gasteiger partial charge in [-0.2, -0.15) is 0 Å². The van der Waals surface area contributed by atoms with Crippen LogP contribution in [0.15, 0.2) is 18.2 Å². The van der Waals surface area contributed by atoms with E-state index in [2.05, 4.69) is 0 Å². The second kappa shape index (κ2) is 4.61. The van der Waals surface area contributed by atoms with E-state index >= 15 is 0 Å². The SMILES string of the molecule is COC[C@@H](N)c1ccc(C)c(Cl)c1. The summed E-state index contributed by atoms with van der Waals surface area (Å²) >= 11 is 5.96. The van der Waals surface area contributed by atoms with Crippen LogP contribution in [0.5, 0.6) is 0 Å². The average molecular weight is 200 g/mol. The number of methoxy groups -OCH3 is 1. The third-order valence-corrected chi connectivity index (χ3v) is 2.38. The van der Waals surface area contributed by atoms with Crippen LogP contribution in [0.25, 0.3) is 0 Å². The third-order valence-electron chi connectivity index (χ3n) is 1.97. The fraction of sp³-hybridized carbons (Fsp3) is 0.400. The smallest absolute Gasteiger partial charge is 0.0655 e. The van der Waals surface area contributed by atoms with Crippen LogP contribution in [-0.2, 0) is 4.74 Å². The van der Waals surface area contributed by atoms with Gasteiger partial charge in [0.1, 0.15) is 0 Å². The first-order valence-corrected chi connectivity index (χ1v) is 4.53. The molecule has 1 atom stereocenters. The maximum atomic E-state index is 5.96. The summed E-state index contributed by atoms with van der Waals surface area (Å²) in [4.78, 5) is 0. The number of ether oxygens (including phenoxy) is 1. The molecule has 2 N–H and O–H groups in total. The Hall–Kier alpha value is -0.570. The van der Waals surface area contributed by atoms with E-state index in [4.69, 9.17) is 22.1 Å². The van der Waals surface area contributed by atoms with Crippen molar-refractivity contribution in [3.05, 3.63) is 34.3 Å². The number of aryl methyl sites for hydroxylation is 1. The molecule has 1 rings (SSSR count). The molecule has 0 aliphatic heterocycles. The summed E-state index contributed by atoms with van der Waals surface area (Å²) in [6.45, 7) is 2.48. The number of hydrogen-bond donors (Lipinski definition) is 1. The van der Waals surface area contributed by atoms with Crippen LogP contribution >= 0.6 is 11.6 Å². The van der Waals surface area contributed by atoms with Gasteiger partial charge in [-0.25, -0.2) is 0 Å². The zero-order valence-electron chi connectivity index (χ0n) is 7.88. The molecule has 72 valence electrons. The van der Waals surface area contributed by atoms with E-state index < -0.39 is 0 Å². The molecule has 0 spiro atoms. The van der Waals surface area contributed by atoms with E-state index in [1.807, 2.05) is 25.1 Å². The first kappa shape index (κ1) is 10.5. The van der Waals surface area contributed by atoms with Crippen LogP contribution in [0, 0.1) is 6.92 Å². The van der Waals surface area contributed by atoms with E-state index in [1.54, 1.807) is 7.11 Å². The largest absolute Gasteiger partial charge is 0.383 e. The molecule has 0 saturated heterocycles. The highest BCUT2D eigenvalue weighted by atomic mass is 35.5. The molecule has 0 heterocycles. The van der Waals surface area contributed by atoms with Crippen LogP contribution < -0.4 is 5.73 Å². The highest BCUT2D eigenvalue weighted by molar-refractivity contribution is 6.31. The van der Waals surface area contributed by atoms with Crippen LogP contribution in [0.2, 0.25) is 5.02 Å². The van der Waals surface area contributed by atoms with Gasteiger partial charge in [0.2, 0.25) is 0 Å². The van der Waals surface area contributed by atoms with Crippen molar-refractivity contribution in [3.8, 4) is 0 Å². The lowest BCUT2D eigenvalue weighted by Crippen LogP contribution is -2.15. The number of rotatable bonds is 3. The zero-order chi connectivity index (χ0) is 9.84. The van der Waals surface area contributed by atoms with Crippen molar-refractivity contribution in [3.63, 3.8) is 0 Å². The van der Waals surface area contributed by atoms with Crippen molar-refractivity contribution in [2.24, 2.45) is 5.73 Å². The molecule has 0 fully saturated rings. The second-order valence-corrected chi connectivity index (χ2v) is 3.48. The second-order valence-electron chi connectivity index (χ2n) is 3.07. The lowest BCUT2D eigenvalue weighted by Gasteiger charge is -2.11. The predicted molar refractivity (Wildman–Crippen MR) is 55.0 cm³/mol. The van der Waals surface area contributed by atoms with Crippen molar-refractivity contribution in [2.75, 3.05) is 13.7 Å². The van der Waals surface area contributed by atoms with E-state index in [9.17, 15) is 0 Å². The molecular formula is C10H14ClNO. The summed E-state index contributed by atoms with van der Waals surface area (Å²) in [6.07, 6.45) is 0. The summed E-state index contributed by atoms with van der Waals surface area (Å²) in [5, 5.41) is 0.754. The van der Waals surface area contributed by atoms with E-state index in [0.29, 0.717) is 6.61 Å². The Morgan fingerprint density at radius 1 is 1.54 bits per heavy atom. The zero-order valence-corrected chi connectivity index (χ0v) is 8.64. The molecular weight excluding hydrogens is 186 g/mol. The minimum atomic E-state index is -0.0944. The Morgan fingerprint density at radius 2 is 2.23 bits per heavy atom. The van der Waals surface area contributed by atoms with Crippen LogP contribution in [0.1, 0.15) is 17.2 Å². The molecule has 0 aliphatic rings. The molecule has 0 aromatic heterocycles. The van der Waals surface area contributed by atoms with Crippen LogP contribution in [-0.4, -0.2) is 13.7 Å². The average Bonchev–Trinajstić information content (AvgIpc) is 2.10. The maximum Gasteiger partial charge on any atom is 0.0655 e. The molecule has 0 aliphatic carbocycles. The number of nitrogens with two attached hydrogens (primary N) is 1. The van der Waals surface area contributed by atoms with Gasteiger partial charge in [-0.1, -0.05) is 23.7 Å². The lowest BCUT2D eigenvalue weighted by molar-refractivity contribution is 0.181. The van der Waals surface area contributed by atoms with Crippen molar-refractivity contribution >= 4 is 11.6 Å². The molecule has 0 unspecified atom stereocenters. The fourth-order valence-electron chi connectivity index (χ4n) is 1.12. The van der Waals surface area contributed by atoms with Crippen LogP contribution in [0.4, 0.5) is 0 Å². The van der Waals surface area contributed by atoms with Crippen molar-refractivity contribution in [1.29, 1.82) is 0 Å². The third kappa shape index (κ3) is 2.69. The number of benzene rings is 1. The summed E-state index contributed by atoms with van der Waals surface area (Å²) in [6, 6.07) is 5.74. The topological polar surface area (TPSA) is 35.2 Å². The van der Waals surface area contributed by atoms with E-state index in [1.165, 1.54) is 0 Å². The molecule has 1 aromatic rings. The van der Waals surface area contributed by atoms with Gasteiger partial charge in [0, 0.05) is 12.1 Å². The first-order chi connectivity index (χ1) is 6.15. The van der Waals surface area contributed by atoms with Gasteiger partial charge in [-0.15, -0.1) is 0 Å². The van der Waals surface area contributed by atoms with Gasteiger partial charge >= 0.3 is 0 Å². The minimum absolute atomic E-state index is 0.0944. The molecule has 2 nitrogen and oxygen atoms in total. The standard InChI is InChI=1S/C10H14ClNO/c1-7-3-4-8(5-9(7)11)10(12)6-13-2/h3-5,10H,6,12H2,1-2H3/t10-/m1/s1. The summed E-state index contributed by atoms with van der Waals surface area (Å²) in [7, 11) is 1.63. The number of hydrogen-bond acceptors (Lipinski definition) is 2. The molecule has 0 saturated carbocycles. The maximum absolute atomic E-state index is 5.96. The Kier molecular flexibility index (Phi) is 3.72. The van der Waals surface area contributed by atoms with Crippen LogP contribution in [0.3, 0.4) is 0 Å². The highest BCUT2D eigenvalue weighted by Crippen LogP contribution is 2.20. The van der Waals surface area contributed by atoms with Crippen molar-refractivity contribution in [2.45, 2.75) is 13.0 Å². The molecule has 13 heavy (non-hydrogen) atoms. The van der Waals surface area contributed by atoms with Gasteiger partial charge in [0.05, 0.1) is 12.6 Å².